The van der Waals surface area contributed by atoms with E-state index in [1.807, 2.05) is 41.8 Å². The lowest BCUT2D eigenvalue weighted by molar-refractivity contribution is 0.302. The minimum atomic E-state index is -0.0350. The molecule has 3 aromatic rings. The maximum atomic E-state index is 12.8. The fraction of sp³-hybridized carbons (Fsp3) is 0.286. The molecule has 2 aromatic carbocycles. The topological polar surface area (TPSA) is 36.2 Å². The molecule has 0 N–H and O–H groups in total. The molecular weight excluding hydrogens is 312 g/mol. The number of hydrogen-bond donors (Lipinski definition) is 0. The van der Waals surface area contributed by atoms with Crippen LogP contribution >= 0.6 is 0 Å². The number of hydrogen-bond acceptors (Lipinski definition) is 2. The van der Waals surface area contributed by atoms with Crippen LogP contribution in [0.3, 0.4) is 0 Å². The van der Waals surface area contributed by atoms with Gasteiger partial charge in [0.1, 0.15) is 5.75 Å². The van der Waals surface area contributed by atoms with Crippen molar-refractivity contribution in [2.24, 2.45) is 0 Å². The van der Waals surface area contributed by atoms with E-state index in [2.05, 4.69) is 32.6 Å². The predicted octanol–water partition coefficient (Wildman–Crippen LogP) is 4.38. The van der Waals surface area contributed by atoms with Gasteiger partial charge in [0, 0.05) is 12.2 Å². The molecule has 0 radical (unpaired) electrons. The summed E-state index contributed by atoms with van der Waals surface area (Å²) in [6.45, 7) is 11.1. The van der Waals surface area contributed by atoms with E-state index in [1.54, 1.807) is 4.57 Å². The van der Waals surface area contributed by atoms with Crippen LogP contribution in [0, 0.1) is 13.8 Å². The molecule has 4 nitrogen and oxygen atoms in total. The third-order valence-corrected chi connectivity index (χ3v) is 4.46. The van der Waals surface area contributed by atoms with Crippen molar-refractivity contribution >= 4 is 16.7 Å². The number of nitrogens with zero attached hydrogens (tertiary/aromatic N) is 2. The molecule has 0 aliphatic carbocycles. The summed E-state index contributed by atoms with van der Waals surface area (Å²) in [6, 6.07) is 13.9. The molecule has 0 amide bonds. The summed E-state index contributed by atoms with van der Waals surface area (Å²) in [6.07, 6.45) is 0.761. The fourth-order valence-electron chi connectivity index (χ4n) is 3.02. The van der Waals surface area contributed by atoms with Gasteiger partial charge in [0.2, 0.25) is 0 Å². The molecule has 25 heavy (non-hydrogen) atoms. The van der Waals surface area contributed by atoms with Gasteiger partial charge in [-0.1, -0.05) is 24.8 Å². The minimum Gasteiger partial charge on any atom is -0.494 e. The van der Waals surface area contributed by atoms with Gasteiger partial charge in [-0.05, 0) is 62.6 Å². The zero-order valence-electron chi connectivity index (χ0n) is 15.1. The van der Waals surface area contributed by atoms with Crippen LogP contribution in [0.2, 0.25) is 0 Å². The van der Waals surface area contributed by atoms with E-state index < -0.39 is 0 Å². The highest BCUT2D eigenvalue weighted by Gasteiger charge is 2.14. The summed E-state index contributed by atoms with van der Waals surface area (Å²) >= 11 is 0. The Bertz CT molecular complexity index is 965. The van der Waals surface area contributed by atoms with E-state index in [9.17, 15) is 4.79 Å². The number of aromatic nitrogens is 2. The molecule has 0 unspecified atom stereocenters. The number of benzene rings is 2. The van der Waals surface area contributed by atoms with Crippen LogP contribution in [0.25, 0.3) is 16.7 Å². The lowest BCUT2D eigenvalue weighted by Gasteiger charge is -2.07. The largest absolute Gasteiger partial charge is 0.494 e. The Hall–Kier alpha value is -2.75. The molecule has 0 bridgehead atoms. The van der Waals surface area contributed by atoms with E-state index >= 15 is 0 Å². The van der Waals surface area contributed by atoms with E-state index in [1.165, 1.54) is 11.1 Å². The zero-order valence-corrected chi connectivity index (χ0v) is 15.1. The molecular formula is C21H24N2O2. The Morgan fingerprint density at radius 1 is 1.08 bits per heavy atom. The van der Waals surface area contributed by atoms with Gasteiger partial charge in [0.05, 0.1) is 17.6 Å². The van der Waals surface area contributed by atoms with Crippen LogP contribution in [0.5, 0.6) is 5.75 Å². The molecule has 130 valence electrons. The highest BCUT2D eigenvalue weighted by atomic mass is 16.5. The summed E-state index contributed by atoms with van der Waals surface area (Å²) in [5, 5.41) is 0. The molecule has 1 heterocycles. The van der Waals surface area contributed by atoms with Gasteiger partial charge >= 0.3 is 5.69 Å². The minimum absolute atomic E-state index is 0.0350. The summed E-state index contributed by atoms with van der Waals surface area (Å²) < 4.78 is 9.26. The Labute approximate surface area is 148 Å². The van der Waals surface area contributed by atoms with Gasteiger partial charge in [-0.2, -0.15) is 0 Å². The van der Waals surface area contributed by atoms with E-state index in [0.29, 0.717) is 13.2 Å². The molecule has 0 aliphatic heterocycles. The van der Waals surface area contributed by atoms with Crippen molar-refractivity contribution < 1.29 is 4.74 Å². The molecule has 0 fully saturated rings. The first-order valence-corrected chi connectivity index (χ1v) is 8.55. The van der Waals surface area contributed by atoms with Gasteiger partial charge in [-0.15, -0.1) is 0 Å². The molecule has 3 rings (SSSR count). The highest BCUT2D eigenvalue weighted by molar-refractivity contribution is 5.81. The number of para-hydroxylation sites is 1. The second-order valence-electron chi connectivity index (χ2n) is 6.45. The standard InChI is InChI=1S/C21H24N2O2/c1-15(2)23-20-14-17(4)16(3)13-19(20)22(21(23)24)11-8-12-25-18-9-6-5-7-10-18/h5-7,9-10,13-14H,1,8,11-12H2,2-4H3. The average molecular weight is 336 g/mol. The number of fused-ring (bicyclic) bond motifs is 1. The quantitative estimate of drug-likeness (QED) is 0.626. The lowest BCUT2D eigenvalue weighted by atomic mass is 10.1. The monoisotopic (exact) mass is 336 g/mol. The summed E-state index contributed by atoms with van der Waals surface area (Å²) in [5.74, 6) is 0.852. The second-order valence-corrected chi connectivity index (χ2v) is 6.45. The number of allylic oxidation sites excluding steroid dienone is 1. The SMILES string of the molecule is C=C(C)n1c(=O)n(CCCOc2ccccc2)c2cc(C)c(C)cc21. The van der Waals surface area contributed by atoms with Crippen molar-refractivity contribution in [2.45, 2.75) is 33.7 Å². The third kappa shape index (κ3) is 3.38. The van der Waals surface area contributed by atoms with Crippen LogP contribution in [0.15, 0.2) is 53.8 Å². The van der Waals surface area contributed by atoms with E-state index in [4.69, 9.17) is 4.74 Å². The van der Waals surface area contributed by atoms with Crippen LogP contribution in [-0.4, -0.2) is 15.7 Å². The van der Waals surface area contributed by atoms with Crippen LogP contribution < -0.4 is 10.4 Å². The fourth-order valence-corrected chi connectivity index (χ4v) is 3.02. The second kappa shape index (κ2) is 7.01. The highest BCUT2D eigenvalue weighted by Crippen LogP contribution is 2.21. The van der Waals surface area contributed by atoms with E-state index in [0.717, 1.165) is 28.9 Å². The Morgan fingerprint density at radius 2 is 1.72 bits per heavy atom. The average Bonchev–Trinajstić information content (AvgIpc) is 2.84. The van der Waals surface area contributed by atoms with E-state index in [-0.39, 0.29) is 5.69 Å². The Balaban J connectivity index is 1.85. The van der Waals surface area contributed by atoms with Crippen molar-refractivity contribution in [2.75, 3.05) is 6.61 Å². The molecule has 0 aliphatic rings. The normalized spacial score (nSPS) is 11.0. The maximum absolute atomic E-state index is 12.8. The van der Waals surface area contributed by atoms with Crippen molar-refractivity contribution in [3.05, 3.63) is 70.7 Å². The van der Waals surface area contributed by atoms with Crippen LogP contribution in [0.1, 0.15) is 24.5 Å². The molecule has 4 heteroatoms. The summed E-state index contributed by atoms with van der Waals surface area (Å²) in [7, 11) is 0. The number of rotatable bonds is 6. The summed E-state index contributed by atoms with van der Waals surface area (Å²) in [4.78, 5) is 12.8. The van der Waals surface area contributed by atoms with Gasteiger partial charge < -0.3 is 4.74 Å². The first-order valence-electron chi connectivity index (χ1n) is 8.55. The van der Waals surface area contributed by atoms with Crippen molar-refractivity contribution in [3.8, 4) is 5.75 Å². The molecule has 0 saturated carbocycles. The number of ether oxygens (including phenoxy) is 1. The molecule has 0 atom stereocenters. The number of aryl methyl sites for hydroxylation is 3. The van der Waals surface area contributed by atoms with Crippen molar-refractivity contribution in [1.82, 2.24) is 9.13 Å². The smallest absolute Gasteiger partial charge is 0.333 e. The first kappa shape index (κ1) is 17.1. The molecule has 0 spiro atoms. The van der Waals surface area contributed by atoms with Crippen molar-refractivity contribution in [3.63, 3.8) is 0 Å². The first-order chi connectivity index (χ1) is 12.0. The lowest BCUT2D eigenvalue weighted by Crippen LogP contribution is -2.23. The maximum Gasteiger partial charge on any atom is 0.333 e. The molecule has 0 saturated heterocycles. The summed E-state index contributed by atoms with van der Waals surface area (Å²) in [5.41, 5.74) is 4.93. The predicted molar refractivity (Wildman–Crippen MR) is 103 cm³/mol. The van der Waals surface area contributed by atoms with Crippen molar-refractivity contribution in [1.29, 1.82) is 0 Å². The Kier molecular flexibility index (Phi) is 4.79. The molecule has 1 aromatic heterocycles. The third-order valence-electron chi connectivity index (χ3n) is 4.46. The van der Waals surface area contributed by atoms with Gasteiger partial charge in [0.15, 0.2) is 0 Å². The van der Waals surface area contributed by atoms with Gasteiger partial charge in [-0.3, -0.25) is 9.13 Å². The Morgan fingerprint density at radius 3 is 2.36 bits per heavy atom. The zero-order chi connectivity index (χ0) is 18.0. The van der Waals surface area contributed by atoms with Crippen LogP contribution in [0.4, 0.5) is 0 Å². The van der Waals surface area contributed by atoms with Gasteiger partial charge in [0.25, 0.3) is 0 Å². The number of imidazole rings is 1. The van der Waals surface area contributed by atoms with Crippen LogP contribution in [-0.2, 0) is 6.54 Å². The van der Waals surface area contributed by atoms with Gasteiger partial charge in [-0.25, -0.2) is 4.79 Å².